The summed E-state index contributed by atoms with van der Waals surface area (Å²) in [6.45, 7) is 0. The number of aromatic nitrogens is 1. The van der Waals surface area contributed by atoms with Gasteiger partial charge in [-0.2, -0.15) is 0 Å². The number of carbonyl (C=O) groups excluding carboxylic acids is 1. The predicted molar refractivity (Wildman–Crippen MR) is 120 cm³/mol. The van der Waals surface area contributed by atoms with Crippen LogP contribution in [0.4, 0.5) is 10.8 Å². The van der Waals surface area contributed by atoms with Gasteiger partial charge in [-0.25, -0.2) is 13.4 Å². The van der Waals surface area contributed by atoms with Gasteiger partial charge in [0.2, 0.25) is 5.91 Å². The van der Waals surface area contributed by atoms with Gasteiger partial charge in [0.1, 0.15) is 0 Å². The molecule has 2 aromatic carbocycles. The molecule has 0 radical (unpaired) electrons. The summed E-state index contributed by atoms with van der Waals surface area (Å²) in [6.07, 6.45) is 5.25. The number of fused-ring (bicyclic) bond motifs is 1. The van der Waals surface area contributed by atoms with Crippen molar-refractivity contribution in [1.29, 1.82) is 0 Å². The molecule has 0 saturated heterocycles. The molecule has 6 nitrogen and oxygen atoms in total. The molecule has 1 aliphatic carbocycles. The van der Waals surface area contributed by atoms with Crippen LogP contribution in [0.25, 0.3) is 10.2 Å². The fourth-order valence-corrected chi connectivity index (χ4v) is 5.61. The van der Waals surface area contributed by atoms with Crippen LogP contribution in [0.5, 0.6) is 0 Å². The molecule has 29 heavy (non-hydrogen) atoms. The van der Waals surface area contributed by atoms with Crippen LogP contribution < -0.4 is 10.0 Å². The molecule has 3 aromatic rings. The lowest BCUT2D eigenvalue weighted by Gasteiger charge is -2.19. The lowest BCUT2D eigenvalue weighted by Crippen LogP contribution is -2.24. The summed E-state index contributed by atoms with van der Waals surface area (Å²) in [5, 5.41) is 3.47. The lowest BCUT2D eigenvalue weighted by molar-refractivity contribution is -0.120. The summed E-state index contributed by atoms with van der Waals surface area (Å²) >= 11 is 4.69. The van der Waals surface area contributed by atoms with Crippen LogP contribution in [0.3, 0.4) is 0 Å². The van der Waals surface area contributed by atoms with Crippen molar-refractivity contribution in [2.75, 3.05) is 10.0 Å². The maximum Gasteiger partial charge on any atom is 0.261 e. The highest BCUT2D eigenvalue weighted by atomic mass is 79.9. The van der Waals surface area contributed by atoms with Crippen molar-refractivity contribution in [3.05, 3.63) is 46.9 Å². The Labute approximate surface area is 181 Å². The van der Waals surface area contributed by atoms with Crippen LogP contribution in [0, 0.1) is 5.92 Å². The fraction of sp³-hybridized carbons (Fsp3) is 0.300. The molecule has 0 aliphatic heterocycles. The van der Waals surface area contributed by atoms with Gasteiger partial charge >= 0.3 is 0 Å². The molecule has 2 N–H and O–H groups in total. The summed E-state index contributed by atoms with van der Waals surface area (Å²) in [5.74, 6) is 0.0870. The van der Waals surface area contributed by atoms with Gasteiger partial charge in [-0.05, 0) is 55.3 Å². The molecule has 1 amide bonds. The molecule has 1 aromatic heterocycles. The van der Waals surface area contributed by atoms with Gasteiger partial charge in [0.05, 0.1) is 20.8 Å². The third-order valence-electron chi connectivity index (χ3n) is 4.97. The van der Waals surface area contributed by atoms with E-state index in [9.17, 15) is 13.2 Å². The van der Waals surface area contributed by atoms with Crippen molar-refractivity contribution < 1.29 is 13.2 Å². The van der Waals surface area contributed by atoms with Crippen LogP contribution in [0.15, 0.2) is 51.8 Å². The monoisotopic (exact) mass is 493 g/mol. The number of sulfonamides is 1. The minimum Gasteiger partial charge on any atom is -0.302 e. The van der Waals surface area contributed by atoms with Gasteiger partial charge in [0.25, 0.3) is 10.0 Å². The van der Waals surface area contributed by atoms with E-state index in [2.05, 4.69) is 31.0 Å². The van der Waals surface area contributed by atoms with Crippen LogP contribution in [-0.2, 0) is 14.8 Å². The Hall–Kier alpha value is -1.97. The number of rotatable bonds is 5. The third kappa shape index (κ3) is 4.79. The van der Waals surface area contributed by atoms with Crippen molar-refractivity contribution in [3.63, 3.8) is 0 Å². The second-order valence-electron chi connectivity index (χ2n) is 7.09. The Morgan fingerprint density at radius 2 is 1.79 bits per heavy atom. The number of halogens is 1. The molecule has 1 aliphatic rings. The molecular formula is C20H20BrN3O3S2. The first-order valence-electron chi connectivity index (χ1n) is 9.40. The number of nitrogens with zero attached hydrogens (tertiary/aromatic N) is 1. The molecule has 9 heteroatoms. The first-order chi connectivity index (χ1) is 13.9. The standard InChI is InChI=1S/C20H20BrN3O3S2/c21-14-6-9-16(10-7-14)29(26,27)24-15-8-11-18-17(12-15)22-20(28-18)23-19(25)13-4-2-1-3-5-13/h6-13,24H,1-5H2,(H,22,23,25). The zero-order valence-electron chi connectivity index (χ0n) is 15.5. The van der Waals surface area contributed by atoms with Crippen molar-refractivity contribution in [2.24, 2.45) is 5.92 Å². The predicted octanol–water partition coefficient (Wildman–Crippen LogP) is 5.38. The molecule has 4 rings (SSSR count). The average Bonchev–Trinajstić information content (AvgIpc) is 3.10. The number of thiazole rings is 1. The highest BCUT2D eigenvalue weighted by Crippen LogP contribution is 2.31. The number of nitrogens with one attached hydrogen (secondary N) is 2. The molecule has 0 unspecified atom stereocenters. The van der Waals surface area contributed by atoms with E-state index in [1.54, 1.807) is 24.3 Å². The van der Waals surface area contributed by atoms with Gasteiger partial charge in [-0.15, -0.1) is 0 Å². The third-order valence-corrected chi connectivity index (χ3v) is 7.85. The summed E-state index contributed by atoms with van der Waals surface area (Å²) in [4.78, 5) is 17.1. The Balaban J connectivity index is 1.50. The van der Waals surface area contributed by atoms with Gasteiger partial charge in [0.15, 0.2) is 5.13 Å². The fourth-order valence-electron chi connectivity index (χ4n) is 3.44. The first-order valence-corrected chi connectivity index (χ1v) is 12.5. The zero-order valence-corrected chi connectivity index (χ0v) is 18.7. The maximum atomic E-state index is 12.6. The quantitative estimate of drug-likeness (QED) is 0.499. The van der Waals surface area contributed by atoms with Crippen molar-refractivity contribution in [2.45, 2.75) is 37.0 Å². The minimum absolute atomic E-state index is 0.0277. The van der Waals surface area contributed by atoms with E-state index in [0.717, 1.165) is 34.9 Å². The second kappa shape index (κ2) is 8.41. The minimum atomic E-state index is -3.69. The van der Waals surface area contributed by atoms with Crippen LogP contribution in [-0.4, -0.2) is 19.3 Å². The Kier molecular flexibility index (Phi) is 5.89. The van der Waals surface area contributed by atoms with E-state index < -0.39 is 10.0 Å². The largest absolute Gasteiger partial charge is 0.302 e. The van der Waals surface area contributed by atoms with Gasteiger partial charge < -0.3 is 5.32 Å². The number of carbonyl (C=O) groups is 1. The van der Waals surface area contributed by atoms with Crippen molar-refractivity contribution in [3.8, 4) is 0 Å². The lowest BCUT2D eigenvalue weighted by atomic mass is 9.89. The van der Waals surface area contributed by atoms with Gasteiger partial charge in [0, 0.05) is 10.4 Å². The molecule has 0 bridgehead atoms. The van der Waals surface area contributed by atoms with E-state index in [1.165, 1.54) is 29.9 Å². The maximum absolute atomic E-state index is 12.6. The summed E-state index contributed by atoms with van der Waals surface area (Å²) in [5.41, 5.74) is 1.07. The molecule has 152 valence electrons. The van der Waals surface area contributed by atoms with Crippen LogP contribution >= 0.6 is 27.3 Å². The summed E-state index contributed by atoms with van der Waals surface area (Å²) < 4.78 is 29.4. The summed E-state index contributed by atoms with van der Waals surface area (Å²) in [7, 11) is -3.69. The van der Waals surface area contributed by atoms with E-state index in [0.29, 0.717) is 16.3 Å². The summed E-state index contributed by atoms with van der Waals surface area (Å²) in [6, 6.07) is 11.6. The molecule has 1 heterocycles. The number of benzene rings is 2. The van der Waals surface area contributed by atoms with E-state index >= 15 is 0 Å². The Bertz CT molecular complexity index is 1140. The topological polar surface area (TPSA) is 88.2 Å². The number of anilines is 2. The van der Waals surface area contributed by atoms with Gasteiger partial charge in [-0.3, -0.25) is 9.52 Å². The van der Waals surface area contributed by atoms with Crippen molar-refractivity contribution >= 4 is 64.2 Å². The van der Waals surface area contributed by atoms with Crippen LogP contribution in [0.2, 0.25) is 0 Å². The van der Waals surface area contributed by atoms with Crippen LogP contribution in [0.1, 0.15) is 32.1 Å². The van der Waals surface area contributed by atoms with E-state index in [-0.39, 0.29) is 16.7 Å². The SMILES string of the molecule is O=C(Nc1nc2cc(NS(=O)(=O)c3ccc(Br)cc3)ccc2s1)C1CCCCC1. The normalized spacial score (nSPS) is 15.3. The molecule has 1 saturated carbocycles. The Morgan fingerprint density at radius 1 is 1.07 bits per heavy atom. The van der Waals surface area contributed by atoms with Crippen molar-refractivity contribution in [1.82, 2.24) is 4.98 Å². The van der Waals surface area contributed by atoms with E-state index in [4.69, 9.17) is 0 Å². The number of amides is 1. The highest BCUT2D eigenvalue weighted by Gasteiger charge is 2.22. The molecular weight excluding hydrogens is 474 g/mol. The number of hydrogen-bond acceptors (Lipinski definition) is 5. The zero-order chi connectivity index (χ0) is 20.4. The average molecular weight is 494 g/mol. The molecule has 0 atom stereocenters. The second-order valence-corrected chi connectivity index (χ2v) is 10.7. The number of hydrogen-bond donors (Lipinski definition) is 2. The smallest absolute Gasteiger partial charge is 0.261 e. The molecule has 1 fully saturated rings. The molecule has 0 spiro atoms. The highest BCUT2D eigenvalue weighted by molar-refractivity contribution is 9.10. The Morgan fingerprint density at radius 3 is 2.52 bits per heavy atom. The first kappa shape index (κ1) is 20.3. The van der Waals surface area contributed by atoms with E-state index in [1.807, 2.05) is 6.07 Å². The van der Waals surface area contributed by atoms with Gasteiger partial charge in [-0.1, -0.05) is 46.5 Å².